The lowest BCUT2D eigenvalue weighted by Gasteiger charge is -2.17. The summed E-state index contributed by atoms with van der Waals surface area (Å²) in [5.41, 5.74) is 0.111. The number of hydrogen-bond donors (Lipinski definition) is 4. The van der Waals surface area contributed by atoms with Crippen LogP contribution in [0.15, 0.2) is 24.3 Å². The standard InChI is InChI=1S/C18H20O8/c1-8-3-2-4-11(20)16(23)13(22)7-14-17(26-14)10-5-9(19)6-12(21)15(10)18(24)25-8/h2,4-6,8,13-14,16-17,19,21-23H,3,7H2,1H3/b4-2-/t8-,13-,14+,16+,17+/m0/s1. The Balaban J connectivity index is 1.97. The molecule has 8 nitrogen and oxygen atoms in total. The first-order valence-electron chi connectivity index (χ1n) is 8.26. The minimum Gasteiger partial charge on any atom is -0.508 e. The topological polar surface area (TPSA) is 137 Å². The quantitative estimate of drug-likeness (QED) is 0.390. The van der Waals surface area contributed by atoms with Crippen LogP contribution in [0.4, 0.5) is 0 Å². The van der Waals surface area contributed by atoms with Crippen LogP contribution in [-0.2, 0) is 14.3 Å². The zero-order chi connectivity index (χ0) is 19.0. The number of esters is 1. The number of aromatic hydroxyl groups is 2. The van der Waals surface area contributed by atoms with Gasteiger partial charge in [-0.05, 0) is 19.1 Å². The Morgan fingerprint density at radius 3 is 2.62 bits per heavy atom. The molecule has 0 amide bonds. The van der Waals surface area contributed by atoms with Crippen molar-refractivity contribution in [2.45, 2.75) is 50.3 Å². The number of hydrogen-bond acceptors (Lipinski definition) is 8. The number of rotatable bonds is 0. The highest BCUT2D eigenvalue weighted by molar-refractivity contribution is 5.95. The molecule has 2 aliphatic heterocycles. The number of phenols is 2. The third kappa shape index (κ3) is 3.72. The van der Waals surface area contributed by atoms with E-state index in [1.54, 1.807) is 6.92 Å². The van der Waals surface area contributed by atoms with E-state index in [0.717, 1.165) is 12.1 Å². The maximum atomic E-state index is 12.5. The SMILES string of the molecule is C[C@H]1C/C=C\C(=O)[C@@H](O)[C@@H](O)C[C@H]2O[C@@H]2c2cc(O)cc(O)c2C(=O)O1. The van der Waals surface area contributed by atoms with Gasteiger partial charge in [0.25, 0.3) is 0 Å². The van der Waals surface area contributed by atoms with Gasteiger partial charge in [-0.25, -0.2) is 4.79 Å². The number of cyclic esters (lactones) is 1. The van der Waals surface area contributed by atoms with Gasteiger partial charge >= 0.3 is 5.97 Å². The second-order valence-corrected chi connectivity index (χ2v) is 6.53. The zero-order valence-electron chi connectivity index (χ0n) is 14.0. The first-order chi connectivity index (χ1) is 12.3. The van der Waals surface area contributed by atoms with Crippen molar-refractivity contribution in [2.75, 3.05) is 0 Å². The van der Waals surface area contributed by atoms with Crippen LogP contribution in [0.2, 0.25) is 0 Å². The van der Waals surface area contributed by atoms with Crippen molar-refractivity contribution in [3.8, 4) is 11.5 Å². The molecule has 0 bridgehead atoms. The first-order valence-corrected chi connectivity index (χ1v) is 8.26. The van der Waals surface area contributed by atoms with E-state index in [-0.39, 0.29) is 29.7 Å². The third-order valence-corrected chi connectivity index (χ3v) is 4.41. The van der Waals surface area contributed by atoms with Crippen LogP contribution in [0.25, 0.3) is 0 Å². The average molecular weight is 364 g/mol. The number of carbonyl (C=O) groups excluding carboxylic acids is 2. The summed E-state index contributed by atoms with van der Waals surface area (Å²) in [6, 6.07) is 2.31. The van der Waals surface area contributed by atoms with Gasteiger partial charge < -0.3 is 29.9 Å². The normalized spacial score (nSPS) is 33.4. The van der Waals surface area contributed by atoms with Crippen molar-refractivity contribution in [1.29, 1.82) is 0 Å². The second kappa shape index (κ2) is 7.06. The van der Waals surface area contributed by atoms with Gasteiger partial charge in [0, 0.05) is 24.5 Å². The van der Waals surface area contributed by atoms with Gasteiger partial charge in [-0.1, -0.05) is 6.08 Å². The van der Waals surface area contributed by atoms with Crippen molar-refractivity contribution >= 4 is 11.8 Å². The molecule has 1 aromatic rings. The first kappa shape index (κ1) is 18.4. The minimum absolute atomic E-state index is 0.0489. The van der Waals surface area contributed by atoms with Crippen molar-refractivity contribution in [1.82, 2.24) is 0 Å². The van der Waals surface area contributed by atoms with Crippen LogP contribution in [0, 0.1) is 0 Å². The highest BCUT2D eigenvalue weighted by Crippen LogP contribution is 2.46. The summed E-state index contributed by atoms with van der Waals surface area (Å²) >= 11 is 0. The number of benzene rings is 1. The molecule has 0 aromatic heterocycles. The summed E-state index contributed by atoms with van der Waals surface area (Å²) in [4.78, 5) is 24.3. The molecule has 0 unspecified atom stereocenters. The van der Waals surface area contributed by atoms with E-state index in [0.29, 0.717) is 0 Å². The molecule has 3 rings (SSSR count). The Kier molecular flexibility index (Phi) is 4.99. The van der Waals surface area contributed by atoms with E-state index in [4.69, 9.17) is 9.47 Å². The maximum Gasteiger partial charge on any atom is 0.342 e. The zero-order valence-corrected chi connectivity index (χ0v) is 14.0. The lowest BCUT2D eigenvalue weighted by atomic mass is 9.97. The summed E-state index contributed by atoms with van der Waals surface area (Å²) in [5.74, 6) is -2.13. The molecule has 2 heterocycles. The molecule has 1 saturated heterocycles. The average Bonchev–Trinajstić information content (AvgIpc) is 3.31. The van der Waals surface area contributed by atoms with Gasteiger partial charge in [-0.2, -0.15) is 0 Å². The number of ether oxygens (including phenoxy) is 2. The fraction of sp³-hybridized carbons (Fsp3) is 0.444. The van der Waals surface area contributed by atoms with E-state index in [1.165, 1.54) is 12.1 Å². The number of carbonyl (C=O) groups is 2. The number of fused-ring (bicyclic) bond motifs is 3. The monoisotopic (exact) mass is 364 g/mol. The molecule has 26 heavy (non-hydrogen) atoms. The van der Waals surface area contributed by atoms with Crippen molar-refractivity contribution in [3.05, 3.63) is 35.4 Å². The van der Waals surface area contributed by atoms with Gasteiger partial charge in [-0.15, -0.1) is 0 Å². The molecule has 2 aliphatic rings. The summed E-state index contributed by atoms with van der Waals surface area (Å²) in [6.07, 6.45) is -2.06. The van der Waals surface area contributed by atoms with Crippen LogP contribution >= 0.6 is 0 Å². The summed E-state index contributed by atoms with van der Waals surface area (Å²) in [6.45, 7) is 1.61. The molecule has 1 fully saturated rings. The summed E-state index contributed by atoms with van der Waals surface area (Å²) in [5, 5.41) is 39.8. The Morgan fingerprint density at radius 2 is 1.88 bits per heavy atom. The van der Waals surface area contributed by atoms with Crippen LogP contribution in [0.1, 0.15) is 41.8 Å². The van der Waals surface area contributed by atoms with Crippen molar-refractivity contribution in [2.24, 2.45) is 0 Å². The summed E-state index contributed by atoms with van der Waals surface area (Å²) < 4.78 is 10.7. The molecular weight excluding hydrogens is 344 g/mol. The Bertz CT molecular complexity index is 756. The van der Waals surface area contributed by atoms with Crippen LogP contribution < -0.4 is 0 Å². The Morgan fingerprint density at radius 1 is 1.15 bits per heavy atom. The Hall–Kier alpha value is -2.42. The predicted octanol–water partition coefficient (Wildman–Crippen LogP) is 0.724. The highest BCUT2D eigenvalue weighted by Gasteiger charge is 2.45. The van der Waals surface area contributed by atoms with Gasteiger partial charge in [-0.3, -0.25) is 4.79 Å². The maximum absolute atomic E-state index is 12.5. The minimum atomic E-state index is -1.59. The fourth-order valence-electron chi connectivity index (χ4n) is 3.00. The lowest BCUT2D eigenvalue weighted by Crippen LogP contribution is -2.34. The number of aliphatic hydroxyl groups excluding tert-OH is 2. The molecule has 0 saturated carbocycles. The van der Waals surface area contributed by atoms with Gasteiger partial charge in [0.2, 0.25) is 0 Å². The van der Waals surface area contributed by atoms with Crippen molar-refractivity contribution < 1.29 is 39.5 Å². The van der Waals surface area contributed by atoms with Crippen LogP contribution in [0.5, 0.6) is 11.5 Å². The van der Waals surface area contributed by atoms with E-state index >= 15 is 0 Å². The third-order valence-electron chi connectivity index (χ3n) is 4.41. The summed E-state index contributed by atoms with van der Waals surface area (Å²) in [7, 11) is 0. The van der Waals surface area contributed by atoms with E-state index in [1.807, 2.05) is 0 Å². The number of phenolic OH excluding ortho intramolecular Hbond substituents is 2. The molecule has 5 atom stereocenters. The van der Waals surface area contributed by atoms with Crippen LogP contribution in [-0.4, -0.2) is 56.6 Å². The largest absolute Gasteiger partial charge is 0.508 e. The Labute approximate surface area is 149 Å². The molecule has 140 valence electrons. The molecule has 0 radical (unpaired) electrons. The van der Waals surface area contributed by atoms with Crippen molar-refractivity contribution in [3.63, 3.8) is 0 Å². The lowest BCUT2D eigenvalue weighted by molar-refractivity contribution is -0.128. The second-order valence-electron chi connectivity index (χ2n) is 6.53. The molecular formula is C18H20O8. The van der Waals surface area contributed by atoms with E-state index in [9.17, 15) is 30.0 Å². The molecule has 1 aromatic carbocycles. The van der Waals surface area contributed by atoms with Crippen LogP contribution in [0.3, 0.4) is 0 Å². The number of aliphatic hydroxyl groups is 2. The smallest absolute Gasteiger partial charge is 0.342 e. The fourth-order valence-corrected chi connectivity index (χ4v) is 3.00. The number of ketones is 1. The number of epoxide rings is 1. The molecule has 0 spiro atoms. The predicted molar refractivity (Wildman–Crippen MR) is 87.7 cm³/mol. The molecule has 4 N–H and O–H groups in total. The van der Waals surface area contributed by atoms with Gasteiger partial charge in [0.15, 0.2) is 5.78 Å². The van der Waals surface area contributed by atoms with E-state index < -0.39 is 48.0 Å². The molecule has 8 heteroatoms. The molecule has 0 aliphatic carbocycles. The van der Waals surface area contributed by atoms with Gasteiger partial charge in [0.05, 0.1) is 12.2 Å². The van der Waals surface area contributed by atoms with Gasteiger partial charge in [0.1, 0.15) is 35.4 Å². The van der Waals surface area contributed by atoms with E-state index in [2.05, 4.69) is 0 Å². The highest BCUT2D eigenvalue weighted by atomic mass is 16.6.